The molecular formula is C12H16BrF. The van der Waals surface area contributed by atoms with Gasteiger partial charge in [0.2, 0.25) is 0 Å². The van der Waals surface area contributed by atoms with Gasteiger partial charge in [-0.3, -0.25) is 4.39 Å². The Hall–Kier alpha value is -0.370. The molecule has 1 rings (SSSR count). The second-order valence-corrected chi connectivity index (χ2v) is 5.45. The van der Waals surface area contributed by atoms with Crippen LogP contribution in [0.5, 0.6) is 0 Å². The van der Waals surface area contributed by atoms with E-state index in [4.69, 9.17) is 0 Å². The molecule has 78 valence electrons. The van der Waals surface area contributed by atoms with Crippen LogP contribution in [-0.4, -0.2) is 6.67 Å². The van der Waals surface area contributed by atoms with E-state index in [-0.39, 0.29) is 18.0 Å². The van der Waals surface area contributed by atoms with Crippen molar-refractivity contribution in [2.75, 3.05) is 6.67 Å². The van der Waals surface area contributed by atoms with E-state index < -0.39 is 0 Å². The number of hydrogen-bond donors (Lipinski definition) is 0. The first-order valence-corrected chi connectivity index (χ1v) is 5.56. The van der Waals surface area contributed by atoms with E-state index in [2.05, 4.69) is 36.7 Å². The Morgan fingerprint density at radius 2 is 1.86 bits per heavy atom. The predicted octanol–water partition coefficient (Wildman–Crippen LogP) is 4.55. The summed E-state index contributed by atoms with van der Waals surface area (Å²) in [5, 5.41) is 0. The summed E-state index contributed by atoms with van der Waals surface area (Å²) in [4.78, 5) is 0. The van der Waals surface area contributed by atoms with Crippen molar-refractivity contribution in [3.8, 4) is 0 Å². The molecule has 0 aromatic heterocycles. The van der Waals surface area contributed by atoms with Gasteiger partial charge in [-0.15, -0.1) is 0 Å². The van der Waals surface area contributed by atoms with E-state index in [9.17, 15) is 4.39 Å². The third kappa shape index (κ3) is 2.57. The lowest BCUT2D eigenvalue weighted by Gasteiger charge is -2.29. The van der Waals surface area contributed by atoms with Crippen LogP contribution in [0.15, 0.2) is 28.7 Å². The number of benzene rings is 1. The number of rotatable bonds is 2. The van der Waals surface area contributed by atoms with Crippen molar-refractivity contribution in [2.45, 2.75) is 26.7 Å². The molecule has 14 heavy (non-hydrogen) atoms. The minimum Gasteiger partial charge on any atom is -0.250 e. The minimum atomic E-state index is -0.313. The molecule has 2 heteroatoms. The van der Waals surface area contributed by atoms with Crippen LogP contribution in [-0.2, 0) is 0 Å². The average molecular weight is 259 g/mol. The highest BCUT2D eigenvalue weighted by molar-refractivity contribution is 9.10. The van der Waals surface area contributed by atoms with Crippen LogP contribution >= 0.6 is 15.9 Å². The fourth-order valence-electron chi connectivity index (χ4n) is 1.54. The van der Waals surface area contributed by atoms with Gasteiger partial charge in [-0.25, -0.2) is 0 Å². The normalized spacial score (nSPS) is 14.1. The Bertz CT molecular complexity index is 301. The van der Waals surface area contributed by atoms with Crippen LogP contribution in [0.25, 0.3) is 0 Å². The highest BCUT2D eigenvalue weighted by Gasteiger charge is 2.27. The van der Waals surface area contributed by atoms with Gasteiger partial charge in [-0.05, 0) is 17.0 Å². The molecule has 0 spiro atoms. The standard InChI is InChI=1S/C12H16BrF/c1-12(2,3)10(8-14)9-6-4-5-7-11(9)13/h4-7,10H,8H2,1-3H3. The van der Waals surface area contributed by atoms with Crippen molar-refractivity contribution in [1.82, 2.24) is 0 Å². The van der Waals surface area contributed by atoms with Crippen LogP contribution in [0.1, 0.15) is 32.3 Å². The Morgan fingerprint density at radius 3 is 2.29 bits per heavy atom. The van der Waals surface area contributed by atoms with E-state index >= 15 is 0 Å². The maximum Gasteiger partial charge on any atom is 0.0968 e. The van der Waals surface area contributed by atoms with Crippen LogP contribution in [0.2, 0.25) is 0 Å². The molecular weight excluding hydrogens is 243 g/mol. The van der Waals surface area contributed by atoms with E-state index in [1.807, 2.05) is 24.3 Å². The van der Waals surface area contributed by atoms with Gasteiger partial charge in [0.25, 0.3) is 0 Å². The van der Waals surface area contributed by atoms with Gasteiger partial charge >= 0.3 is 0 Å². The van der Waals surface area contributed by atoms with Crippen molar-refractivity contribution < 1.29 is 4.39 Å². The molecule has 0 amide bonds. The second-order valence-electron chi connectivity index (χ2n) is 4.59. The zero-order chi connectivity index (χ0) is 10.8. The largest absolute Gasteiger partial charge is 0.250 e. The smallest absolute Gasteiger partial charge is 0.0968 e. The fourth-order valence-corrected chi connectivity index (χ4v) is 2.10. The first kappa shape index (κ1) is 11.7. The molecule has 0 N–H and O–H groups in total. The molecule has 1 atom stereocenters. The van der Waals surface area contributed by atoms with Crippen molar-refractivity contribution in [1.29, 1.82) is 0 Å². The topological polar surface area (TPSA) is 0 Å². The predicted molar refractivity (Wildman–Crippen MR) is 62.3 cm³/mol. The van der Waals surface area contributed by atoms with Gasteiger partial charge in [-0.2, -0.15) is 0 Å². The SMILES string of the molecule is CC(C)(C)C(CF)c1ccccc1Br. The first-order chi connectivity index (χ1) is 6.46. The second kappa shape index (κ2) is 4.43. The molecule has 0 aliphatic rings. The van der Waals surface area contributed by atoms with E-state index in [0.29, 0.717) is 0 Å². The van der Waals surface area contributed by atoms with Crippen molar-refractivity contribution in [3.63, 3.8) is 0 Å². The van der Waals surface area contributed by atoms with Crippen molar-refractivity contribution >= 4 is 15.9 Å². The third-order valence-corrected chi connectivity index (χ3v) is 3.20. The Kier molecular flexibility index (Phi) is 3.71. The third-order valence-electron chi connectivity index (χ3n) is 2.48. The zero-order valence-corrected chi connectivity index (χ0v) is 10.4. The molecule has 0 bridgehead atoms. The summed E-state index contributed by atoms with van der Waals surface area (Å²) in [7, 11) is 0. The Balaban J connectivity index is 3.08. The molecule has 0 saturated carbocycles. The Morgan fingerprint density at radius 1 is 1.29 bits per heavy atom. The summed E-state index contributed by atoms with van der Waals surface area (Å²) >= 11 is 3.46. The van der Waals surface area contributed by atoms with E-state index in [1.54, 1.807) is 0 Å². The lowest BCUT2D eigenvalue weighted by molar-refractivity contribution is 0.262. The van der Waals surface area contributed by atoms with Crippen molar-refractivity contribution in [2.24, 2.45) is 5.41 Å². The van der Waals surface area contributed by atoms with Gasteiger partial charge in [0, 0.05) is 10.4 Å². The van der Waals surface area contributed by atoms with Gasteiger partial charge < -0.3 is 0 Å². The van der Waals surface area contributed by atoms with Crippen LogP contribution in [0, 0.1) is 5.41 Å². The van der Waals surface area contributed by atoms with Crippen LogP contribution < -0.4 is 0 Å². The molecule has 0 heterocycles. The summed E-state index contributed by atoms with van der Waals surface area (Å²) in [6.07, 6.45) is 0. The lowest BCUT2D eigenvalue weighted by atomic mass is 9.77. The molecule has 0 nitrogen and oxygen atoms in total. The Labute approximate surface area is 93.7 Å². The molecule has 1 aromatic carbocycles. The average Bonchev–Trinajstić information content (AvgIpc) is 2.07. The summed E-state index contributed by atoms with van der Waals surface area (Å²) in [6, 6.07) is 7.85. The lowest BCUT2D eigenvalue weighted by Crippen LogP contribution is -2.20. The summed E-state index contributed by atoms with van der Waals surface area (Å²) in [5.41, 5.74) is 1.01. The van der Waals surface area contributed by atoms with E-state index in [1.165, 1.54) is 0 Å². The quantitative estimate of drug-likeness (QED) is 0.731. The summed E-state index contributed by atoms with van der Waals surface area (Å²) in [6.45, 7) is 5.89. The molecule has 1 aromatic rings. The number of hydrogen-bond acceptors (Lipinski definition) is 0. The summed E-state index contributed by atoms with van der Waals surface area (Å²) < 4.78 is 14.0. The fraction of sp³-hybridized carbons (Fsp3) is 0.500. The van der Waals surface area contributed by atoms with E-state index in [0.717, 1.165) is 10.0 Å². The van der Waals surface area contributed by atoms with Gasteiger partial charge in [-0.1, -0.05) is 54.9 Å². The number of alkyl halides is 1. The highest BCUT2D eigenvalue weighted by atomic mass is 79.9. The summed E-state index contributed by atoms with van der Waals surface area (Å²) in [5.74, 6) is -0.0434. The molecule has 0 saturated heterocycles. The molecule has 0 fully saturated rings. The monoisotopic (exact) mass is 258 g/mol. The maximum atomic E-state index is 13.0. The van der Waals surface area contributed by atoms with Crippen LogP contribution in [0.3, 0.4) is 0 Å². The van der Waals surface area contributed by atoms with Gasteiger partial charge in [0.05, 0.1) is 6.67 Å². The molecule has 0 aliphatic heterocycles. The minimum absolute atomic E-state index is 0.0430. The maximum absolute atomic E-state index is 13.0. The van der Waals surface area contributed by atoms with Gasteiger partial charge in [0.15, 0.2) is 0 Å². The first-order valence-electron chi connectivity index (χ1n) is 4.77. The molecule has 0 aliphatic carbocycles. The molecule has 0 radical (unpaired) electrons. The van der Waals surface area contributed by atoms with Gasteiger partial charge in [0.1, 0.15) is 0 Å². The van der Waals surface area contributed by atoms with Crippen molar-refractivity contribution in [3.05, 3.63) is 34.3 Å². The molecule has 1 unspecified atom stereocenters. The highest BCUT2D eigenvalue weighted by Crippen LogP contribution is 2.38. The van der Waals surface area contributed by atoms with Crippen LogP contribution in [0.4, 0.5) is 4.39 Å². The zero-order valence-electron chi connectivity index (χ0n) is 8.85. The number of halogens is 2.